The number of benzene rings is 1. The van der Waals surface area contributed by atoms with Gasteiger partial charge in [-0.15, -0.1) is 0 Å². The Morgan fingerprint density at radius 1 is 1.37 bits per heavy atom. The lowest BCUT2D eigenvalue weighted by atomic mass is 10.0. The van der Waals surface area contributed by atoms with E-state index in [-0.39, 0.29) is 36.6 Å². The molecule has 2 N–H and O–H groups in total. The fourth-order valence-electron chi connectivity index (χ4n) is 3.59. The first-order chi connectivity index (χ1) is 16.9. The zero-order valence-electron chi connectivity index (χ0n) is 18.2. The number of halogens is 3. The van der Waals surface area contributed by atoms with Crippen LogP contribution in [0, 0.1) is 11.3 Å². The van der Waals surface area contributed by atoms with Gasteiger partial charge in [0.15, 0.2) is 12.0 Å². The molecule has 2 aromatic heterocycles. The van der Waals surface area contributed by atoms with Gasteiger partial charge in [0, 0.05) is 24.7 Å². The first-order valence-corrected chi connectivity index (χ1v) is 10.5. The van der Waals surface area contributed by atoms with Crippen molar-refractivity contribution in [3.05, 3.63) is 48.4 Å². The van der Waals surface area contributed by atoms with Gasteiger partial charge in [0.25, 0.3) is 0 Å². The summed E-state index contributed by atoms with van der Waals surface area (Å²) in [6, 6.07) is 8.19. The van der Waals surface area contributed by atoms with Crippen molar-refractivity contribution in [1.82, 2.24) is 24.6 Å². The molecular formula is C22H20F3N7O3. The average Bonchev–Trinajstić information content (AvgIpc) is 3.34. The summed E-state index contributed by atoms with van der Waals surface area (Å²) in [5, 5.41) is 25.0. The third-order valence-electron chi connectivity index (χ3n) is 5.34. The second-order valence-corrected chi connectivity index (χ2v) is 7.66. The molecule has 0 radical (unpaired) electrons. The van der Waals surface area contributed by atoms with Gasteiger partial charge >= 0.3 is 6.55 Å². The minimum absolute atomic E-state index is 0.142. The Morgan fingerprint density at radius 3 is 2.89 bits per heavy atom. The van der Waals surface area contributed by atoms with Gasteiger partial charge in [-0.25, -0.2) is 19.0 Å². The van der Waals surface area contributed by atoms with E-state index in [4.69, 9.17) is 9.84 Å². The number of anilines is 2. The van der Waals surface area contributed by atoms with Gasteiger partial charge in [0.05, 0.1) is 30.2 Å². The van der Waals surface area contributed by atoms with E-state index in [1.54, 1.807) is 12.1 Å². The lowest BCUT2D eigenvalue weighted by Crippen LogP contribution is -2.50. The van der Waals surface area contributed by atoms with Crippen LogP contribution in [0.1, 0.15) is 18.5 Å². The van der Waals surface area contributed by atoms with Gasteiger partial charge in [-0.2, -0.15) is 19.1 Å². The lowest BCUT2D eigenvalue weighted by molar-refractivity contribution is -0.138. The standard InChI is InChI=1S/C22H20F3N7O3/c23-16-11-31(20(34)12-33)6-4-18(16)35-17-2-1-13(7-14(17)8-26)21-27-5-3-19(30-21)29-15-9-28-32(10-15)22(24)25/h1-3,5,7,9-10,16,18,22,33H,4,6,11-12H2,(H,27,29,30)/t16-,18+/m1/s1. The molecule has 4 rings (SSSR count). The van der Waals surface area contributed by atoms with Crippen molar-refractivity contribution in [2.24, 2.45) is 0 Å². The molecule has 0 aliphatic carbocycles. The number of likely N-dealkylation sites (tertiary alicyclic amines) is 1. The molecular weight excluding hydrogens is 467 g/mol. The van der Waals surface area contributed by atoms with Crippen molar-refractivity contribution < 1.29 is 27.8 Å². The Labute approximate surface area is 197 Å². The van der Waals surface area contributed by atoms with Gasteiger partial charge in [-0.05, 0) is 24.3 Å². The second kappa shape index (κ2) is 10.4. The van der Waals surface area contributed by atoms with Crippen LogP contribution in [0.15, 0.2) is 42.9 Å². The molecule has 1 saturated heterocycles. The smallest absolute Gasteiger partial charge is 0.333 e. The molecule has 3 aromatic rings. The van der Waals surface area contributed by atoms with Crippen LogP contribution in [0.3, 0.4) is 0 Å². The summed E-state index contributed by atoms with van der Waals surface area (Å²) in [6.45, 7) is -3.42. The van der Waals surface area contributed by atoms with Crippen molar-refractivity contribution in [3.63, 3.8) is 0 Å². The Bertz CT molecular complexity index is 1250. The number of rotatable bonds is 7. The summed E-state index contributed by atoms with van der Waals surface area (Å²) in [7, 11) is 0. The predicted molar refractivity (Wildman–Crippen MR) is 117 cm³/mol. The van der Waals surface area contributed by atoms with E-state index in [1.165, 1.54) is 29.4 Å². The van der Waals surface area contributed by atoms with Crippen LogP contribution in [0.2, 0.25) is 0 Å². The summed E-state index contributed by atoms with van der Waals surface area (Å²) >= 11 is 0. The number of nitrogens with zero attached hydrogens (tertiary/aromatic N) is 6. The fraction of sp³-hybridized carbons (Fsp3) is 0.318. The summed E-state index contributed by atoms with van der Waals surface area (Å²) in [5.41, 5.74) is 0.939. The number of piperidine rings is 1. The SMILES string of the molecule is N#Cc1cc(-c2nccc(Nc3cnn(C(F)F)c3)n2)ccc1O[C@H]1CCN(C(=O)CO)C[C@H]1F. The Morgan fingerprint density at radius 2 is 2.20 bits per heavy atom. The molecule has 3 heterocycles. The van der Waals surface area contributed by atoms with Crippen LogP contribution >= 0.6 is 0 Å². The van der Waals surface area contributed by atoms with Crippen LogP contribution in [-0.4, -0.2) is 67.6 Å². The maximum Gasteiger partial charge on any atom is 0.333 e. The summed E-state index contributed by atoms with van der Waals surface area (Å²) in [4.78, 5) is 21.3. The quantitative estimate of drug-likeness (QED) is 0.521. The van der Waals surface area contributed by atoms with Gasteiger partial charge in [0.2, 0.25) is 5.91 Å². The third-order valence-corrected chi connectivity index (χ3v) is 5.34. The van der Waals surface area contributed by atoms with Crippen molar-refractivity contribution in [1.29, 1.82) is 5.26 Å². The number of ether oxygens (including phenoxy) is 1. The van der Waals surface area contributed by atoms with Gasteiger partial charge in [-0.1, -0.05) is 0 Å². The van der Waals surface area contributed by atoms with E-state index < -0.39 is 31.3 Å². The number of aromatic nitrogens is 4. The summed E-state index contributed by atoms with van der Waals surface area (Å²) in [5.74, 6) is 0.220. The molecule has 0 spiro atoms. The van der Waals surface area contributed by atoms with Crippen molar-refractivity contribution in [2.75, 3.05) is 25.0 Å². The molecule has 1 amide bonds. The van der Waals surface area contributed by atoms with Crippen LogP contribution in [-0.2, 0) is 4.79 Å². The highest BCUT2D eigenvalue weighted by Crippen LogP contribution is 2.28. The van der Waals surface area contributed by atoms with Crippen molar-refractivity contribution in [3.8, 4) is 23.2 Å². The maximum absolute atomic E-state index is 14.6. The molecule has 1 aromatic carbocycles. The Balaban J connectivity index is 1.48. The van der Waals surface area contributed by atoms with E-state index in [1.807, 2.05) is 6.07 Å². The molecule has 0 bridgehead atoms. The molecule has 1 fully saturated rings. The first-order valence-electron chi connectivity index (χ1n) is 10.5. The number of carbonyl (C=O) groups excluding carboxylic acids is 1. The number of nitrogens with one attached hydrogen (secondary N) is 1. The molecule has 1 aliphatic rings. The van der Waals surface area contributed by atoms with E-state index in [0.29, 0.717) is 21.8 Å². The molecule has 182 valence electrons. The van der Waals surface area contributed by atoms with Crippen LogP contribution in [0.4, 0.5) is 24.7 Å². The topological polar surface area (TPSA) is 129 Å². The highest BCUT2D eigenvalue weighted by atomic mass is 19.3. The van der Waals surface area contributed by atoms with E-state index >= 15 is 0 Å². The second-order valence-electron chi connectivity index (χ2n) is 7.66. The summed E-state index contributed by atoms with van der Waals surface area (Å²) < 4.78 is 46.2. The normalized spacial score (nSPS) is 17.8. The zero-order valence-corrected chi connectivity index (χ0v) is 18.2. The summed E-state index contributed by atoms with van der Waals surface area (Å²) in [6.07, 6.45) is 1.71. The third kappa shape index (κ3) is 5.49. The highest BCUT2D eigenvalue weighted by molar-refractivity contribution is 5.77. The zero-order chi connectivity index (χ0) is 24.9. The number of carbonyl (C=O) groups is 1. The molecule has 2 atom stereocenters. The molecule has 0 unspecified atom stereocenters. The molecule has 35 heavy (non-hydrogen) atoms. The minimum atomic E-state index is -2.76. The largest absolute Gasteiger partial charge is 0.486 e. The Kier molecular flexibility index (Phi) is 7.11. The number of hydrogen-bond acceptors (Lipinski definition) is 8. The number of amides is 1. The lowest BCUT2D eigenvalue weighted by Gasteiger charge is -2.34. The van der Waals surface area contributed by atoms with E-state index in [9.17, 15) is 23.2 Å². The minimum Gasteiger partial charge on any atom is -0.486 e. The van der Waals surface area contributed by atoms with Crippen LogP contribution in [0.25, 0.3) is 11.4 Å². The number of hydrogen-bond donors (Lipinski definition) is 2. The number of nitriles is 1. The maximum atomic E-state index is 14.6. The van der Waals surface area contributed by atoms with E-state index in [2.05, 4.69) is 20.4 Å². The van der Waals surface area contributed by atoms with Gasteiger partial charge < -0.3 is 20.1 Å². The predicted octanol–water partition coefficient (Wildman–Crippen LogP) is 2.66. The monoisotopic (exact) mass is 487 g/mol. The van der Waals surface area contributed by atoms with Crippen molar-refractivity contribution in [2.45, 2.75) is 25.2 Å². The highest BCUT2D eigenvalue weighted by Gasteiger charge is 2.33. The van der Waals surface area contributed by atoms with E-state index in [0.717, 1.165) is 6.20 Å². The fourth-order valence-corrected chi connectivity index (χ4v) is 3.59. The molecule has 0 saturated carbocycles. The van der Waals surface area contributed by atoms with Crippen LogP contribution < -0.4 is 10.1 Å². The van der Waals surface area contributed by atoms with Gasteiger partial charge in [0.1, 0.15) is 30.3 Å². The number of alkyl halides is 3. The first kappa shape index (κ1) is 24.0. The number of aliphatic hydroxyl groups is 1. The van der Waals surface area contributed by atoms with Crippen LogP contribution in [0.5, 0.6) is 5.75 Å². The average molecular weight is 487 g/mol. The molecule has 13 heteroatoms. The molecule has 10 nitrogen and oxygen atoms in total. The number of aliphatic hydroxyl groups excluding tert-OH is 1. The molecule has 1 aliphatic heterocycles. The Hall–Kier alpha value is -4.18. The van der Waals surface area contributed by atoms with Crippen molar-refractivity contribution >= 4 is 17.4 Å². The van der Waals surface area contributed by atoms with Gasteiger partial charge in [-0.3, -0.25) is 4.79 Å².